The van der Waals surface area contributed by atoms with E-state index in [0.29, 0.717) is 6.54 Å². The molecular weight excluding hydrogens is 302 g/mol. The minimum atomic E-state index is 0.510. The molecule has 1 aromatic carbocycles. The molecule has 2 aromatic heterocycles. The topological polar surface area (TPSA) is 43.3 Å². The summed E-state index contributed by atoms with van der Waals surface area (Å²) in [7, 11) is 0. The third-order valence-corrected chi connectivity index (χ3v) is 3.94. The van der Waals surface area contributed by atoms with Gasteiger partial charge in [0.05, 0.1) is 5.69 Å². The maximum Gasteiger partial charge on any atom is 0.141 e. The highest BCUT2D eigenvalue weighted by Gasteiger charge is 2.07. The zero-order chi connectivity index (χ0) is 13.2. The zero-order valence-corrected chi connectivity index (χ0v) is 12.0. The first-order valence-electron chi connectivity index (χ1n) is 6.17. The number of rotatable bonds is 3. The van der Waals surface area contributed by atoms with Gasteiger partial charge in [-0.2, -0.15) is 0 Å². The van der Waals surface area contributed by atoms with Gasteiger partial charge in [0.25, 0.3) is 0 Å². The minimum Gasteiger partial charge on any atom is -0.326 e. The van der Waals surface area contributed by atoms with Crippen LogP contribution in [0.1, 0.15) is 16.8 Å². The molecule has 2 heterocycles. The zero-order valence-electron chi connectivity index (χ0n) is 10.4. The van der Waals surface area contributed by atoms with Gasteiger partial charge in [0, 0.05) is 35.4 Å². The van der Waals surface area contributed by atoms with Crippen molar-refractivity contribution in [1.29, 1.82) is 0 Å². The third kappa shape index (κ3) is 2.41. The molecule has 0 saturated heterocycles. The fraction of sp³-hybridized carbons (Fsp3) is 0.133. The molecule has 0 unspecified atom stereocenters. The Hall–Kier alpha value is -1.65. The van der Waals surface area contributed by atoms with Crippen molar-refractivity contribution in [2.24, 2.45) is 5.73 Å². The Bertz CT molecular complexity index is 718. The summed E-state index contributed by atoms with van der Waals surface area (Å²) in [5.74, 6) is 0. The molecule has 19 heavy (non-hydrogen) atoms. The van der Waals surface area contributed by atoms with Gasteiger partial charge in [-0.15, -0.1) is 0 Å². The number of nitrogens with two attached hydrogens (primary N) is 1. The second kappa shape index (κ2) is 5.15. The Morgan fingerprint density at radius 2 is 1.89 bits per heavy atom. The van der Waals surface area contributed by atoms with Crippen LogP contribution in [0.5, 0.6) is 0 Å². The molecule has 0 aliphatic rings. The van der Waals surface area contributed by atoms with Crippen LogP contribution in [-0.2, 0) is 13.0 Å². The second-order valence-electron chi connectivity index (χ2n) is 4.47. The van der Waals surface area contributed by atoms with Crippen molar-refractivity contribution in [3.05, 3.63) is 70.1 Å². The van der Waals surface area contributed by atoms with E-state index in [1.54, 1.807) is 0 Å². The van der Waals surface area contributed by atoms with E-state index >= 15 is 0 Å². The maximum atomic E-state index is 5.74. The summed E-state index contributed by atoms with van der Waals surface area (Å²) >= 11 is 3.57. The van der Waals surface area contributed by atoms with E-state index in [4.69, 9.17) is 5.73 Å². The molecule has 2 N–H and O–H groups in total. The van der Waals surface area contributed by atoms with Crippen LogP contribution in [0.2, 0.25) is 0 Å². The lowest BCUT2D eigenvalue weighted by Crippen LogP contribution is -1.99. The summed E-state index contributed by atoms with van der Waals surface area (Å²) in [6.07, 6.45) is 4.88. The Balaban J connectivity index is 2.00. The standard InChI is InChI=1S/C15H14BrN3/c16-14-6-2-1-4-11(14)8-13-10-19-7-3-5-12(9-17)15(19)18-13/h1-7,10H,8-9,17H2. The fourth-order valence-electron chi connectivity index (χ4n) is 2.20. The monoisotopic (exact) mass is 315 g/mol. The third-order valence-electron chi connectivity index (χ3n) is 3.16. The van der Waals surface area contributed by atoms with Crippen LogP contribution in [0.3, 0.4) is 0 Å². The van der Waals surface area contributed by atoms with Crippen LogP contribution in [0, 0.1) is 0 Å². The van der Waals surface area contributed by atoms with Gasteiger partial charge in [0.15, 0.2) is 0 Å². The van der Waals surface area contributed by atoms with Gasteiger partial charge in [-0.05, 0) is 17.7 Å². The molecule has 0 atom stereocenters. The predicted octanol–water partition coefficient (Wildman–Crippen LogP) is 3.15. The highest BCUT2D eigenvalue weighted by molar-refractivity contribution is 9.10. The molecule has 3 rings (SSSR count). The molecule has 0 amide bonds. The lowest BCUT2D eigenvalue weighted by atomic mass is 10.1. The van der Waals surface area contributed by atoms with Crippen molar-refractivity contribution in [3.8, 4) is 0 Å². The van der Waals surface area contributed by atoms with E-state index in [0.717, 1.165) is 27.8 Å². The molecular formula is C15H14BrN3. The minimum absolute atomic E-state index is 0.510. The Kier molecular flexibility index (Phi) is 3.36. The van der Waals surface area contributed by atoms with E-state index in [2.05, 4.69) is 39.2 Å². The molecule has 0 bridgehead atoms. The van der Waals surface area contributed by atoms with Gasteiger partial charge in [-0.1, -0.05) is 40.2 Å². The van der Waals surface area contributed by atoms with Crippen molar-refractivity contribution in [1.82, 2.24) is 9.38 Å². The predicted molar refractivity (Wildman–Crippen MR) is 80.0 cm³/mol. The van der Waals surface area contributed by atoms with E-state index < -0.39 is 0 Å². The maximum absolute atomic E-state index is 5.74. The lowest BCUT2D eigenvalue weighted by Gasteiger charge is -2.00. The molecule has 0 saturated carbocycles. The Labute approximate surface area is 120 Å². The SMILES string of the molecule is NCc1cccn2cc(Cc3ccccc3Br)nc12. The van der Waals surface area contributed by atoms with Crippen molar-refractivity contribution in [3.63, 3.8) is 0 Å². The highest BCUT2D eigenvalue weighted by Crippen LogP contribution is 2.20. The molecule has 0 aliphatic heterocycles. The van der Waals surface area contributed by atoms with E-state index in [9.17, 15) is 0 Å². The van der Waals surface area contributed by atoms with Crippen LogP contribution < -0.4 is 5.73 Å². The van der Waals surface area contributed by atoms with Crippen LogP contribution >= 0.6 is 15.9 Å². The average molecular weight is 316 g/mol. The number of pyridine rings is 1. The van der Waals surface area contributed by atoms with Gasteiger partial charge in [0.1, 0.15) is 5.65 Å². The number of imidazole rings is 1. The smallest absolute Gasteiger partial charge is 0.141 e. The van der Waals surface area contributed by atoms with Crippen LogP contribution in [0.15, 0.2) is 53.3 Å². The van der Waals surface area contributed by atoms with Crippen molar-refractivity contribution in [2.75, 3.05) is 0 Å². The van der Waals surface area contributed by atoms with E-state index in [-0.39, 0.29) is 0 Å². The first-order valence-corrected chi connectivity index (χ1v) is 6.96. The summed E-state index contributed by atoms with van der Waals surface area (Å²) in [5, 5.41) is 0. The fourth-order valence-corrected chi connectivity index (χ4v) is 2.63. The van der Waals surface area contributed by atoms with Crippen LogP contribution in [-0.4, -0.2) is 9.38 Å². The summed E-state index contributed by atoms with van der Waals surface area (Å²) in [4.78, 5) is 4.68. The van der Waals surface area contributed by atoms with Gasteiger partial charge < -0.3 is 10.1 Å². The number of nitrogens with zero attached hydrogens (tertiary/aromatic N) is 2. The Morgan fingerprint density at radius 1 is 1.11 bits per heavy atom. The lowest BCUT2D eigenvalue weighted by molar-refractivity contribution is 1.04. The molecule has 96 valence electrons. The largest absolute Gasteiger partial charge is 0.326 e. The molecule has 3 aromatic rings. The van der Waals surface area contributed by atoms with Gasteiger partial charge >= 0.3 is 0 Å². The number of hydrogen-bond donors (Lipinski definition) is 1. The summed E-state index contributed by atoms with van der Waals surface area (Å²) in [5.41, 5.74) is 10.0. The first kappa shape index (κ1) is 12.4. The number of aromatic nitrogens is 2. The summed E-state index contributed by atoms with van der Waals surface area (Å²) in [6, 6.07) is 12.2. The van der Waals surface area contributed by atoms with E-state index in [1.807, 2.05) is 34.9 Å². The van der Waals surface area contributed by atoms with Gasteiger partial charge in [-0.3, -0.25) is 0 Å². The highest BCUT2D eigenvalue weighted by atomic mass is 79.9. The molecule has 4 heteroatoms. The molecule has 3 nitrogen and oxygen atoms in total. The van der Waals surface area contributed by atoms with Crippen LogP contribution in [0.4, 0.5) is 0 Å². The van der Waals surface area contributed by atoms with Gasteiger partial charge in [-0.25, -0.2) is 4.98 Å². The molecule has 0 spiro atoms. The summed E-state index contributed by atoms with van der Waals surface area (Å²) in [6.45, 7) is 0.510. The quantitative estimate of drug-likeness (QED) is 0.807. The average Bonchev–Trinajstić information content (AvgIpc) is 2.83. The van der Waals surface area contributed by atoms with Crippen molar-refractivity contribution in [2.45, 2.75) is 13.0 Å². The number of benzene rings is 1. The van der Waals surface area contributed by atoms with Crippen LogP contribution in [0.25, 0.3) is 5.65 Å². The molecule has 0 fully saturated rings. The molecule has 0 radical (unpaired) electrons. The second-order valence-corrected chi connectivity index (χ2v) is 5.32. The summed E-state index contributed by atoms with van der Waals surface area (Å²) < 4.78 is 3.15. The normalized spacial score (nSPS) is 11.1. The van der Waals surface area contributed by atoms with Crippen molar-refractivity contribution < 1.29 is 0 Å². The number of hydrogen-bond acceptors (Lipinski definition) is 2. The number of halogens is 1. The van der Waals surface area contributed by atoms with Crippen molar-refractivity contribution >= 4 is 21.6 Å². The van der Waals surface area contributed by atoms with E-state index in [1.165, 1.54) is 5.56 Å². The first-order chi connectivity index (χ1) is 9.28. The van der Waals surface area contributed by atoms with Gasteiger partial charge in [0.2, 0.25) is 0 Å². The Morgan fingerprint density at radius 3 is 2.68 bits per heavy atom. The number of fused-ring (bicyclic) bond motifs is 1. The molecule has 0 aliphatic carbocycles.